The summed E-state index contributed by atoms with van der Waals surface area (Å²) in [6.45, 7) is 2.59. The maximum Gasteiger partial charge on any atom is -0.00179 e. The van der Waals surface area contributed by atoms with Gasteiger partial charge in [-0.2, -0.15) is 0 Å². The Morgan fingerprint density at radius 2 is 1.89 bits per heavy atom. The van der Waals surface area contributed by atoms with E-state index in [1.807, 2.05) is 0 Å². The summed E-state index contributed by atoms with van der Waals surface area (Å²) in [4.78, 5) is 0. The zero-order chi connectivity index (χ0) is 6.10. The molecule has 1 nitrogen and oxygen atoms in total. The second-order valence-electron chi connectivity index (χ2n) is 3.44. The molecule has 0 unspecified atom stereocenters. The molecule has 1 aliphatic carbocycles. The number of nitrogens with one attached hydrogen (secondary N) is 1. The molecule has 52 valence electrons. The van der Waals surface area contributed by atoms with Gasteiger partial charge in [0.25, 0.3) is 0 Å². The lowest BCUT2D eigenvalue weighted by molar-refractivity contribution is 0.295. The van der Waals surface area contributed by atoms with E-state index in [4.69, 9.17) is 0 Å². The maximum absolute atomic E-state index is 3.46. The first-order valence-corrected chi connectivity index (χ1v) is 4.17. The van der Waals surface area contributed by atoms with Crippen molar-refractivity contribution in [3.63, 3.8) is 0 Å². The van der Waals surface area contributed by atoms with Crippen LogP contribution >= 0.6 is 0 Å². The van der Waals surface area contributed by atoms with Crippen LogP contribution in [0.4, 0.5) is 0 Å². The van der Waals surface area contributed by atoms with Gasteiger partial charge in [0, 0.05) is 0 Å². The Morgan fingerprint density at radius 3 is 2.78 bits per heavy atom. The minimum Gasteiger partial charge on any atom is -0.316 e. The van der Waals surface area contributed by atoms with Crippen LogP contribution in [0.5, 0.6) is 0 Å². The topological polar surface area (TPSA) is 12.0 Å². The van der Waals surface area contributed by atoms with Gasteiger partial charge in [-0.15, -0.1) is 0 Å². The molecule has 0 aromatic heterocycles. The fourth-order valence-corrected chi connectivity index (χ4v) is 2.34. The average Bonchev–Trinajstić information content (AvgIpc) is 2.33. The molecule has 2 aliphatic rings. The van der Waals surface area contributed by atoms with Gasteiger partial charge >= 0.3 is 0 Å². The normalized spacial score (nSPS) is 42.7. The second-order valence-corrected chi connectivity index (χ2v) is 3.44. The van der Waals surface area contributed by atoms with E-state index in [1.165, 1.54) is 38.8 Å². The Bertz CT molecular complexity index is 88.7. The van der Waals surface area contributed by atoms with Crippen LogP contribution in [0, 0.1) is 11.8 Å². The highest BCUT2D eigenvalue weighted by atomic mass is 14.9. The molecule has 0 bridgehead atoms. The lowest BCUT2D eigenvalue weighted by atomic mass is 9.90. The van der Waals surface area contributed by atoms with Gasteiger partial charge in [0.05, 0.1) is 0 Å². The smallest absolute Gasteiger partial charge is 0.00179 e. The van der Waals surface area contributed by atoms with Crippen LogP contribution in [0.15, 0.2) is 0 Å². The monoisotopic (exact) mass is 125 g/mol. The molecular weight excluding hydrogens is 110 g/mol. The Hall–Kier alpha value is -0.0400. The van der Waals surface area contributed by atoms with Gasteiger partial charge in [0.1, 0.15) is 0 Å². The summed E-state index contributed by atoms with van der Waals surface area (Å²) in [5.74, 6) is 2.16. The molecule has 0 aromatic carbocycles. The lowest BCUT2D eigenvalue weighted by Gasteiger charge is -2.25. The van der Waals surface area contributed by atoms with Crippen LogP contribution in [0.1, 0.15) is 25.7 Å². The van der Waals surface area contributed by atoms with E-state index in [0.29, 0.717) is 0 Å². The molecule has 1 saturated carbocycles. The standard InChI is InChI=1S/C8H15N/c1-2-7-4-5-9-6-8(7)3-1/h7-9H,1-6H2/t7-,8+/m0/s1. The summed E-state index contributed by atoms with van der Waals surface area (Å²) in [7, 11) is 0. The average molecular weight is 125 g/mol. The van der Waals surface area contributed by atoms with Gasteiger partial charge in [0.15, 0.2) is 0 Å². The van der Waals surface area contributed by atoms with Crippen molar-refractivity contribution < 1.29 is 0 Å². The summed E-state index contributed by atoms with van der Waals surface area (Å²) >= 11 is 0. The van der Waals surface area contributed by atoms with Crippen molar-refractivity contribution in [2.75, 3.05) is 13.1 Å². The van der Waals surface area contributed by atoms with Crippen LogP contribution in [-0.2, 0) is 0 Å². The van der Waals surface area contributed by atoms with Gasteiger partial charge in [-0.05, 0) is 37.8 Å². The minimum absolute atomic E-state index is 1.05. The molecule has 2 fully saturated rings. The molecule has 0 radical (unpaired) electrons. The van der Waals surface area contributed by atoms with Crippen LogP contribution in [0.3, 0.4) is 0 Å². The summed E-state index contributed by atoms with van der Waals surface area (Å²) < 4.78 is 0. The molecule has 1 saturated heterocycles. The summed E-state index contributed by atoms with van der Waals surface area (Å²) in [6.07, 6.45) is 5.96. The van der Waals surface area contributed by atoms with E-state index < -0.39 is 0 Å². The molecule has 2 atom stereocenters. The fourth-order valence-electron chi connectivity index (χ4n) is 2.34. The molecule has 0 spiro atoms. The highest BCUT2D eigenvalue weighted by Gasteiger charge is 2.28. The van der Waals surface area contributed by atoms with E-state index in [1.54, 1.807) is 0 Å². The third-order valence-corrected chi connectivity index (χ3v) is 2.91. The molecule has 1 heterocycles. The first-order valence-electron chi connectivity index (χ1n) is 4.17. The van der Waals surface area contributed by atoms with Crippen LogP contribution in [0.25, 0.3) is 0 Å². The Labute approximate surface area is 56.8 Å². The Balaban J connectivity index is 1.97. The van der Waals surface area contributed by atoms with Crippen LogP contribution < -0.4 is 5.32 Å². The van der Waals surface area contributed by atoms with E-state index >= 15 is 0 Å². The SMILES string of the molecule is C1C[C@H]2CCNC[C@H]2C1. The maximum atomic E-state index is 3.46. The van der Waals surface area contributed by atoms with Crippen LogP contribution in [0.2, 0.25) is 0 Å². The minimum atomic E-state index is 1.05. The molecular formula is C8H15N. The zero-order valence-corrected chi connectivity index (χ0v) is 5.90. The van der Waals surface area contributed by atoms with Gasteiger partial charge in [-0.1, -0.05) is 12.8 Å². The van der Waals surface area contributed by atoms with E-state index in [2.05, 4.69) is 5.32 Å². The van der Waals surface area contributed by atoms with E-state index in [9.17, 15) is 0 Å². The van der Waals surface area contributed by atoms with Crippen LogP contribution in [-0.4, -0.2) is 13.1 Å². The summed E-state index contributed by atoms with van der Waals surface area (Å²) in [6, 6.07) is 0. The summed E-state index contributed by atoms with van der Waals surface area (Å²) in [5, 5.41) is 3.46. The van der Waals surface area contributed by atoms with E-state index in [0.717, 1.165) is 11.8 Å². The van der Waals surface area contributed by atoms with Gasteiger partial charge < -0.3 is 5.32 Å². The lowest BCUT2D eigenvalue weighted by Crippen LogP contribution is -2.33. The first-order chi connectivity index (χ1) is 4.47. The number of hydrogen-bond donors (Lipinski definition) is 1. The first kappa shape index (κ1) is 5.72. The highest BCUT2D eigenvalue weighted by Crippen LogP contribution is 2.34. The summed E-state index contributed by atoms with van der Waals surface area (Å²) in [5.41, 5.74) is 0. The number of rotatable bonds is 0. The van der Waals surface area contributed by atoms with Gasteiger partial charge in [0.2, 0.25) is 0 Å². The Morgan fingerprint density at radius 1 is 1.00 bits per heavy atom. The van der Waals surface area contributed by atoms with E-state index in [-0.39, 0.29) is 0 Å². The predicted octanol–water partition coefficient (Wildman–Crippen LogP) is 1.40. The number of piperidine rings is 1. The van der Waals surface area contributed by atoms with Crippen molar-refractivity contribution >= 4 is 0 Å². The molecule has 0 aromatic rings. The number of hydrogen-bond acceptors (Lipinski definition) is 1. The molecule has 0 amide bonds. The van der Waals surface area contributed by atoms with Crippen molar-refractivity contribution in [2.24, 2.45) is 11.8 Å². The third kappa shape index (κ3) is 0.983. The number of fused-ring (bicyclic) bond motifs is 1. The van der Waals surface area contributed by atoms with Crippen molar-refractivity contribution in [1.82, 2.24) is 5.32 Å². The van der Waals surface area contributed by atoms with Crippen molar-refractivity contribution in [3.05, 3.63) is 0 Å². The zero-order valence-electron chi connectivity index (χ0n) is 5.90. The highest BCUT2D eigenvalue weighted by molar-refractivity contribution is 4.82. The van der Waals surface area contributed by atoms with Crippen molar-refractivity contribution in [2.45, 2.75) is 25.7 Å². The molecule has 1 aliphatic heterocycles. The second kappa shape index (κ2) is 2.30. The molecule has 1 heteroatoms. The molecule has 9 heavy (non-hydrogen) atoms. The third-order valence-electron chi connectivity index (χ3n) is 2.91. The van der Waals surface area contributed by atoms with Gasteiger partial charge in [-0.25, -0.2) is 0 Å². The van der Waals surface area contributed by atoms with Crippen molar-refractivity contribution in [1.29, 1.82) is 0 Å². The predicted molar refractivity (Wildman–Crippen MR) is 38.3 cm³/mol. The quantitative estimate of drug-likeness (QED) is 0.516. The van der Waals surface area contributed by atoms with Gasteiger partial charge in [-0.3, -0.25) is 0 Å². The fraction of sp³-hybridized carbons (Fsp3) is 1.00. The van der Waals surface area contributed by atoms with Crippen molar-refractivity contribution in [3.8, 4) is 0 Å². The largest absolute Gasteiger partial charge is 0.316 e. The Kier molecular flexibility index (Phi) is 1.46. The molecule has 1 N–H and O–H groups in total. The molecule has 2 rings (SSSR count).